The lowest BCUT2D eigenvalue weighted by Gasteiger charge is -2.13. The molecule has 0 spiro atoms. The van der Waals surface area contributed by atoms with Crippen molar-refractivity contribution in [2.45, 2.75) is 13.8 Å². The van der Waals surface area contributed by atoms with Crippen LogP contribution >= 0.6 is 15.9 Å². The van der Waals surface area contributed by atoms with Crippen LogP contribution in [0.2, 0.25) is 0 Å². The van der Waals surface area contributed by atoms with Crippen molar-refractivity contribution in [2.75, 3.05) is 0 Å². The fraction of sp³-hybridized carbons (Fsp3) is 0.250. The summed E-state index contributed by atoms with van der Waals surface area (Å²) in [5, 5.41) is 9.65. The lowest BCUT2D eigenvalue weighted by molar-refractivity contribution is 0.475. The van der Waals surface area contributed by atoms with Gasteiger partial charge in [-0.3, -0.25) is 0 Å². The number of hydrogen-bond donors (Lipinski definition) is 1. The van der Waals surface area contributed by atoms with E-state index >= 15 is 0 Å². The summed E-state index contributed by atoms with van der Waals surface area (Å²) in [5.41, 5.74) is 4.51. The Kier molecular flexibility index (Phi) is 2.57. The van der Waals surface area contributed by atoms with Gasteiger partial charge in [-0.2, -0.15) is 0 Å². The van der Waals surface area contributed by atoms with Gasteiger partial charge in [0.25, 0.3) is 0 Å². The lowest BCUT2D eigenvalue weighted by atomic mass is 9.78. The molecule has 0 heterocycles. The van der Waals surface area contributed by atoms with Crippen LogP contribution in [-0.2, 0) is 0 Å². The Morgan fingerprint density at radius 3 is 2.08 bits per heavy atom. The van der Waals surface area contributed by atoms with Crippen LogP contribution in [0.25, 0.3) is 0 Å². The van der Waals surface area contributed by atoms with Crippen LogP contribution in [0.4, 0.5) is 0 Å². The highest BCUT2D eigenvalue weighted by Gasteiger charge is 2.10. The molecule has 0 unspecified atom stereocenters. The zero-order chi connectivity index (χ0) is 9.46. The van der Waals surface area contributed by atoms with Gasteiger partial charge in [0.05, 0.1) is 4.47 Å². The molecule has 12 heavy (non-hydrogen) atoms. The molecule has 62 valence electrons. The molecule has 0 saturated heterocycles. The van der Waals surface area contributed by atoms with E-state index in [0.717, 1.165) is 15.5 Å². The largest absolute Gasteiger partial charge is 0.507 e. The van der Waals surface area contributed by atoms with E-state index < -0.39 is 0 Å². The van der Waals surface area contributed by atoms with Crippen molar-refractivity contribution in [1.82, 2.24) is 0 Å². The van der Waals surface area contributed by atoms with E-state index in [1.807, 2.05) is 21.7 Å². The number of benzene rings is 1. The third kappa shape index (κ3) is 1.28. The second-order valence-electron chi connectivity index (χ2n) is 3.16. The molecule has 1 rings (SSSR count). The number of phenolic OH excluding ortho intramolecular Hbond substituents is 1. The quantitative estimate of drug-likeness (QED) is 0.578. The first-order valence-corrected chi connectivity index (χ1v) is 4.71. The van der Waals surface area contributed by atoms with Crippen LogP contribution in [0.5, 0.6) is 5.75 Å². The molecule has 4 heteroatoms. The number of halogens is 1. The molecule has 0 aliphatic rings. The molecule has 0 fully saturated rings. The molecule has 0 amide bonds. The maximum absolute atomic E-state index is 9.65. The highest BCUT2D eigenvalue weighted by atomic mass is 79.9. The first-order chi connectivity index (χ1) is 5.46. The SMILES string of the molecule is Bc1c(C)c(B)c(O)c(Br)c1C. The molecule has 0 bridgehead atoms. The summed E-state index contributed by atoms with van der Waals surface area (Å²) < 4.78 is 0.822. The number of phenols is 1. The Morgan fingerprint density at radius 1 is 1.08 bits per heavy atom. The Labute approximate surface area is 83.1 Å². The Hall–Kier alpha value is -0.370. The minimum atomic E-state index is 0.371. The smallest absolute Gasteiger partial charge is 0.144 e. The van der Waals surface area contributed by atoms with Gasteiger partial charge in [-0.05, 0) is 40.8 Å². The fourth-order valence-electron chi connectivity index (χ4n) is 1.25. The van der Waals surface area contributed by atoms with Gasteiger partial charge in [0.15, 0.2) is 0 Å². The Morgan fingerprint density at radius 2 is 1.58 bits per heavy atom. The summed E-state index contributed by atoms with van der Waals surface area (Å²) in [6.07, 6.45) is 0. The number of hydrogen-bond acceptors (Lipinski definition) is 1. The Balaban J connectivity index is 3.60. The number of rotatable bonds is 0. The van der Waals surface area contributed by atoms with Crippen molar-refractivity contribution in [2.24, 2.45) is 0 Å². The molecule has 0 aliphatic carbocycles. The molecular formula is C8H11B2BrO. The Bertz CT molecular complexity index is 231. The van der Waals surface area contributed by atoms with Crippen molar-refractivity contribution < 1.29 is 5.11 Å². The van der Waals surface area contributed by atoms with Crippen molar-refractivity contribution in [3.8, 4) is 5.75 Å². The zero-order valence-corrected chi connectivity index (χ0v) is 9.41. The summed E-state index contributed by atoms with van der Waals surface area (Å²) in [4.78, 5) is 0. The summed E-state index contributed by atoms with van der Waals surface area (Å²) in [5.74, 6) is 0.371. The minimum absolute atomic E-state index is 0.371. The van der Waals surface area contributed by atoms with Crippen LogP contribution < -0.4 is 10.9 Å². The van der Waals surface area contributed by atoms with Gasteiger partial charge in [0, 0.05) is 0 Å². The molecule has 0 atom stereocenters. The molecule has 0 saturated carbocycles. The first-order valence-electron chi connectivity index (χ1n) is 3.91. The van der Waals surface area contributed by atoms with E-state index in [-0.39, 0.29) is 0 Å². The van der Waals surface area contributed by atoms with Crippen molar-refractivity contribution >= 4 is 42.5 Å². The van der Waals surface area contributed by atoms with E-state index in [2.05, 4.69) is 23.8 Å². The van der Waals surface area contributed by atoms with E-state index in [0.29, 0.717) is 5.75 Å². The van der Waals surface area contributed by atoms with Crippen LogP contribution in [0.1, 0.15) is 11.1 Å². The predicted octanol–water partition coefficient (Wildman–Crippen LogP) is -0.712. The molecular weight excluding hydrogens is 214 g/mol. The zero-order valence-electron chi connectivity index (χ0n) is 7.83. The van der Waals surface area contributed by atoms with Crippen molar-refractivity contribution in [3.63, 3.8) is 0 Å². The monoisotopic (exact) mass is 224 g/mol. The fourth-order valence-corrected chi connectivity index (χ4v) is 1.84. The molecule has 1 aromatic carbocycles. The van der Waals surface area contributed by atoms with Gasteiger partial charge >= 0.3 is 0 Å². The lowest BCUT2D eigenvalue weighted by Crippen LogP contribution is -2.23. The molecule has 0 aliphatic heterocycles. The normalized spacial score (nSPS) is 10.2. The van der Waals surface area contributed by atoms with Gasteiger partial charge in [-0.15, -0.1) is 0 Å². The van der Waals surface area contributed by atoms with Crippen molar-refractivity contribution in [1.29, 1.82) is 0 Å². The highest BCUT2D eigenvalue weighted by Crippen LogP contribution is 2.24. The highest BCUT2D eigenvalue weighted by molar-refractivity contribution is 9.10. The maximum Gasteiger partial charge on any atom is 0.144 e. The average Bonchev–Trinajstić information content (AvgIpc) is 2.08. The topological polar surface area (TPSA) is 20.2 Å². The van der Waals surface area contributed by atoms with Gasteiger partial charge in [-0.1, -0.05) is 11.0 Å². The van der Waals surface area contributed by atoms with Crippen LogP contribution in [0, 0.1) is 13.8 Å². The maximum atomic E-state index is 9.65. The second-order valence-corrected chi connectivity index (χ2v) is 3.96. The van der Waals surface area contributed by atoms with Crippen LogP contribution in [0.3, 0.4) is 0 Å². The standard InChI is InChI=1S/C8H11B2BrO/c1-3-5(9)4(2)7(11)8(12)6(3)10/h12H,9-10H2,1-2H3. The van der Waals surface area contributed by atoms with Crippen LogP contribution in [0.15, 0.2) is 4.47 Å². The summed E-state index contributed by atoms with van der Waals surface area (Å²) in [6.45, 7) is 4.04. The van der Waals surface area contributed by atoms with Gasteiger partial charge < -0.3 is 5.11 Å². The van der Waals surface area contributed by atoms with E-state index in [1.54, 1.807) is 0 Å². The number of aromatic hydroxyl groups is 1. The van der Waals surface area contributed by atoms with Gasteiger partial charge in [0.2, 0.25) is 0 Å². The predicted molar refractivity (Wildman–Crippen MR) is 61.6 cm³/mol. The molecule has 1 N–H and O–H groups in total. The van der Waals surface area contributed by atoms with Crippen LogP contribution in [-0.4, -0.2) is 20.8 Å². The molecule has 0 aromatic heterocycles. The van der Waals surface area contributed by atoms with E-state index in [9.17, 15) is 5.11 Å². The summed E-state index contributed by atoms with van der Waals surface area (Å²) in [6, 6.07) is 0. The van der Waals surface area contributed by atoms with Gasteiger partial charge in [0.1, 0.15) is 21.4 Å². The summed E-state index contributed by atoms with van der Waals surface area (Å²) in [7, 11) is 4.00. The van der Waals surface area contributed by atoms with E-state index in [4.69, 9.17) is 0 Å². The first kappa shape index (κ1) is 9.72. The molecule has 0 radical (unpaired) electrons. The second kappa shape index (κ2) is 3.17. The molecule has 1 aromatic rings. The minimum Gasteiger partial charge on any atom is -0.507 e. The summed E-state index contributed by atoms with van der Waals surface area (Å²) >= 11 is 3.36. The third-order valence-corrected chi connectivity index (χ3v) is 3.55. The van der Waals surface area contributed by atoms with E-state index in [1.165, 1.54) is 11.0 Å². The van der Waals surface area contributed by atoms with Crippen molar-refractivity contribution in [3.05, 3.63) is 15.6 Å². The average molecular weight is 225 g/mol. The third-order valence-electron chi connectivity index (χ3n) is 2.58. The van der Waals surface area contributed by atoms with Gasteiger partial charge in [-0.25, -0.2) is 0 Å². The molecule has 1 nitrogen and oxygen atoms in total.